The van der Waals surface area contributed by atoms with Gasteiger partial charge in [-0.15, -0.1) is 11.7 Å². The fraction of sp³-hybridized carbons (Fsp3) is 0.538. The third kappa shape index (κ3) is 6.27. The van der Waals surface area contributed by atoms with Gasteiger partial charge >= 0.3 is 0 Å². The molecule has 178 valence electrons. The van der Waals surface area contributed by atoms with E-state index in [1.165, 1.54) is 37.7 Å². The predicted octanol–water partition coefficient (Wildman–Crippen LogP) is 9.88. The van der Waals surface area contributed by atoms with Crippen LogP contribution in [0.25, 0.3) is 0 Å². The van der Waals surface area contributed by atoms with Gasteiger partial charge in [0.05, 0.1) is 4.90 Å². The minimum absolute atomic E-state index is 0.00475. The third-order valence-electron chi connectivity index (χ3n) is 6.72. The zero-order chi connectivity index (χ0) is 23.2. The first kappa shape index (κ1) is 25.1. The Labute approximate surface area is 190 Å². The zero-order valence-corrected chi connectivity index (χ0v) is 19.5. The topological polar surface area (TPSA) is 0 Å². The highest BCUT2D eigenvalue weighted by atomic mass is 32.3. The zero-order valence-electron chi connectivity index (χ0n) is 18.6. The lowest BCUT2D eigenvalue weighted by molar-refractivity contribution is 0.00118. The summed E-state index contributed by atoms with van der Waals surface area (Å²) in [5.74, 6) is -0.0733. The van der Waals surface area contributed by atoms with Crippen LogP contribution in [0.3, 0.4) is 0 Å². The summed E-state index contributed by atoms with van der Waals surface area (Å²) in [6.45, 7) is 2.21. The lowest BCUT2D eigenvalue weighted by atomic mass is 9.73. The van der Waals surface area contributed by atoms with E-state index < -0.39 is 27.9 Å². The average molecular weight is 473 g/mol. The van der Waals surface area contributed by atoms with Crippen molar-refractivity contribution in [3.63, 3.8) is 0 Å². The second kappa shape index (κ2) is 11.0. The minimum Gasteiger partial charge on any atom is -0.244 e. The van der Waals surface area contributed by atoms with E-state index in [0.717, 1.165) is 42.7 Å². The van der Waals surface area contributed by atoms with Gasteiger partial charge in [-0.3, -0.25) is 0 Å². The van der Waals surface area contributed by atoms with Crippen LogP contribution in [0.15, 0.2) is 53.4 Å². The molecule has 0 amide bonds. The van der Waals surface area contributed by atoms with Crippen LogP contribution in [-0.2, 0) is 12.1 Å². The molecule has 0 nitrogen and oxygen atoms in total. The second-order valence-electron chi connectivity index (χ2n) is 8.99. The van der Waals surface area contributed by atoms with Gasteiger partial charge in [-0.1, -0.05) is 75.4 Å². The van der Waals surface area contributed by atoms with Gasteiger partial charge in [0.2, 0.25) is 11.2 Å². The van der Waals surface area contributed by atoms with E-state index in [2.05, 4.69) is 19.1 Å². The first-order chi connectivity index (χ1) is 15.2. The summed E-state index contributed by atoms with van der Waals surface area (Å²) in [6, 6.07) is 12.2. The molecular formula is C26H33F5S. The molecule has 0 N–H and O–H groups in total. The largest absolute Gasteiger partial charge is 0.244 e. The number of alkyl halides is 2. The van der Waals surface area contributed by atoms with E-state index in [9.17, 15) is 16.0 Å². The number of aryl methyl sites for hydroxylation is 1. The van der Waals surface area contributed by atoms with Crippen molar-refractivity contribution < 1.29 is 20.4 Å². The van der Waals surface area contributed by atoms with Crippen LogP contribution in [0.4, 0.5) is 20.4 Å². The van der Waals surface area contributed by atoms with Gasteiger partial charge in [0.15, 0.2) is 5.67 Å². The lowest BCUT2D eigenvalue weighted by Crippen LogP contribution is -2.38. The van der Waals surface area contributed by atoms with Crippen molar-refractivity contribution in [1.29, 1.82) is 0 Å². The molecule has 0 heterocycles. The number of rotatable bonds is 10. The smallest absolute Gasteiger partial charge is 0.237 e. The van der Waals surface area contributed by atoms with Gasteiger partial charge in [0, 0.05) is 0 Å². The Balaban J connectivity index is 1.55. The van der Waals surface area contributed by atoms with E-state index in [4.69, 9.17) is 0 Å². The summed E-state index contributed by atoms with van der Waals surface area (Å²) in [5.41, 5.74) is 0.0550. The Hall–Kier alpha value is -1.56. The van der Waals surface area contributed by atoms with Gasteiger partial charge in [0.25, 0.3) is 0 Å². The average Bonchev–Trinajstić information content (AvgIpc) is 2.78. The summed E-state index contributed by atoms with van der Waals surface area (Å²) >= 11 is -5.36. The van der Waals surface area contributed by atoms with Gasteiger partial charge in [-0.2, -0.15) is 0 Å². The molecular weight excluding hydrogens is 439 g/mol. The molecule has 32 heavy (non-hydrogen) atoms. The van der Waals surface area contributed by atoms with Gasteiger partial charge < -0.3 is 0 Å². The molecule has 0 bridgehead atoms. The van der Waals surface area contributed by atoms with Crippen LogP contribution in [0.1, 0.15) is 87.3 Å². The number of unbranched alkanes of at least 4 members (excludes halogenated alkanes) is 5. The molecule has 0 saturated heterocycles. The number of benzene rings is 2. The summed E-state index contributed by atoms with van der Waals surface area (Å²) in [5, 5.41) is 0. The lowest BCUT2D eigenvalue weighted by Gasteiger charge is -2.37. The summed E-state index contributed by atoms with van der Waals surface area (Å²) in [6.07, 6.45) is 7.29. The molecule has 1 aliphatic rings. The summed E-state index contributed by atoms with van der Waals surface area (Å²) in [7, 11) is 0. The van der Waals surface area contributed by atoms with Crippen molar-refractivity contribution in [3.05, 3.63) is 65.2 Å². The van der Waals surface area contributed by atoms with Crippen molar-refractivity contribution in [3.8, 4) is 0 Å². The van der Waals surface area contributed by atoms with Gasteiger partial charge in [0.1, 0.15) is 6.17 Å². The first-order valence-electron chi connectivity index (χ1n) is 11.7. The molecule has 0 aromatic heterocycles. The highest BCUT2D eigenvalue weighted by molar-refractivity contribution is 8.20. The molecule has 1 fully saturated rings. The standard InChI is InChI=1S/C26H33F5S/c1-2-3-4-5-6-7-8-20-9-11-21(12-10-20)22-17-18-26(28,25(27)19-22)23-13-15-24(16-14-23)32(29,30)31/h9-16,22,25H,2-8,17-19H2,1H3. The first-order valence-corrected chi connectivity index (χ1v) is 13.0. The van der Waals surface area contributed by atoms with Crippen molar-refractivity contribution >= 4 is 11.2 Å². The van der Waals surface area contributed by atoms with Crippen LogP contribution in [-0.4, -0.2) is 6.17 Å². The summed E-state index contributed by atoms with van der Waals surface area (Å²) < 4.78 is 69.0. The molecule has 6 heteroatoms. The van der Waals surface area contributed by atoms with Crippen LogP contribution in [0.5, 0.6) is 0 Å². The fourth-order valence-corrected chi connectivity index (χ4v) is 5.12. The maximum absolute atomic E-state index is 15.5. The summed E-state index contributed by atoms with van der Waals surface area (Å²) in [4.78, 5) is -0.769. The Bertz CT molecular complexity index is 831. The Kier molecular flexibility index (Phi) is 8.65. The minimum atomic E-state index is -5.36. The normalized spacial score (nSPS) is 24.4. The Morgan fingerprint density at radius 1 is 0.875 bits per heavy atom. The van der Waals surface area contributed by atoms with E-state index in [1.807, 2.05) is 12.1 Å². The molecule has 0 spiro atoms. The molecule has 1 saturated carbocycles. The van der Waals surface area contributed by atoms with E-state index in [1.54, 1.807) is 0 Å². The molecule has 3 rings (SSSR count). The van der Waals surface area contributed by atoms with E-state index in [0.29, 0.717) is 6.42 Å². The van der Waals surface area contributed by atoms with Gasteiger partial charge in [-0.05, 0) is 66.8 Å². The van der Waals surface area contributed by atoms with Crippen LogP contribution in [0.2, 0.25) is 0 Å². The highest BCUT2D eigenvalue weighted by Gasteiger charge is 2.46. The van der Waals surface area contributed by atoms with Crippen molar-refractivity contribution in [2.75, 3.05) is 0 Å². The molecule has 0 aliphatic heterocycles. The maximum Gasteiger partial charge on any atom is 0.237 e. The van der Waals surface area contributed by atoms with Crippen LogP contribution >= 0.6 is 11.2 Å². The number of hydrogen-bond acceptors (Lipinski definition) is 0. The highest BCUT2D eigenvalue weighted by Crippen LogP contribution is 2.60. The van der Waals surface area contributed by atoms with Crippen LogP contribution in [0, 0.1) is 0 Å². The second-order valence-corrected chi connectivity index (χ2v) is 10.3. The molecule has 1 aliphatic carbocycles. The monoisotopic (exact) mass is 472 g/mol. The van der Waals surface area contributed by atoms with Crippen molar-refractivity contribution in [1.82, 2.24) is 0 Å². The Morgan fingerprint density at radius 2 is 1.50 bits per heavy atom. The number of halogens is 5. The SMILES string of the molecule is CCCCCCCCc1ccc(C2CCC(F)(c3ccc(S(F)(F)F)cc3)C(F)C2)cc1. The maximum atomic E-state index is 15.5. The van der Waals surface area contributed by atoms with Gasteiger partial charge in [-0.25, -0.2) is 8.78 Å². The van der Waals surface area contributed by atoms with Crippen molar-refractivity contribution in [2.45, 2.75) is 93.8 Å². The molecule has 2 aromatic carbocycles. The molecule has 2 aromatic rings. The number of hydrogen-bond donors (Lipinski definition) is 0. The fourth-order valence-electron chi connectivity index (χ4n) is 4.68. The van der Waals surface area contributed by atoms with Crippen LogP contribution < -0.4 is 0 Å². The third-order valence-corrected chi connectivity index (χ3v) is 7.52. The van der Waals surface area contributed by atoms with E-state index >= 15 is 4.39 Å². The Morgan fingerprint density at radius 3 is 2.09 bits per heavy atom. The molecule has 3 unspecified atom stereocenters. The molecule has 0 radical (unpaired) electrons. The van der Waals surface area contributed by atoms with Crippen molar-refractivity contribution in [2.24, 2.45) is 0 Å². The van der Waals surface area contributed by atoms with E-state index in [-0.39, 0.29) is 24.3 Å². The predicted molar refractivity (Wildman–Crippen MR) is 123 cm³/mol. The quantitative estimate of drug-likeness (QED) is 0.238. The molecule has 3 atom stereocenters.